The summed E-state index contributed by atoms with van der Waals surface area (Å²) in [6, 6.07) is 6.26. The molecular formula is C16H20N2O5. The number of carboxylic acid groups (broad SMARTS) is 1. The second-order valence-corrected chi connectivity index (χ2v) is 5.93. The van der Waals surface area contributed by atoms with Crippen LogP contribution in [0.25, 0.3) is 0 Å². The van der Waals surface area contributed by atoms with Crippen LogP contribution < -0.4 is 0 Å². The van der Waals surface area contributed by atoms with Crippen molar-refractivity contribution < 1.29 is 19.6 Å². The lowest BCUT2D eigenvalue weighted by molar-refractivity contribution is -0.384. The Kier molecular flexibility index (Phi) is 5.31. The zero-order valence-corrected chi connectivity index (χ0v) is 13.0. The van der Waals surface area contributed by atoms with E-state index >= 15 is 0 Å². The second-order valence-electron chi connectivity index (χ2n) is 5.93. The van der Waals surface area contributed by atoms with Gasteiger partial charge in [-0.3, -0.25) is 19.7 Å². The summed E-state index contributed by atoms with van der Waals surface area (Å²) >= 11 is 0. The van der Waals surface area contributed by atoms with E-state index in [1.165, 1.54) is 12.1 Å². The molecule has 0 spiro atoms. The first-order chi connectivity index (χ1) is 10.9. The number of nitro benzene ring substituents is 1. The van der Waals surface area contributed by atoms with E-state index in [2.05, 4.69) is 0 Å². The molecule has 1 aromatic rings. The van der Waals surface area contributed by atoms with Gasteiger partial charge in [0.2, 0.25) is 5.91 Å². The summed E-state index contributed by atoms with van der Waals surface area (Å²) in [5.41, 5.74) is 0.735. The van der Waals surface area contributed by atoms with Crippen molar-refractivity contribution in [1.82, 2.24) is 4.90 Å². The van der Waals surface area contributed by atoms with Crippen molar-refractivity contribution in [3.8, 4) is 0 Å². The summed E-state index contributed by atoms with van der Waals surface area (Å²) in [7, 11) is 0. The molecule has 0 radical (unpaired) electrons. The molecule has 1 amide bonds. The number of aliphatic carboxylic acids is 1. The van der Waals surface area contributed by atoms with Crippen molar-refractivity contribution in [2.75, 3.05) is 6.54 Å². The average Bonchev–Trinajstić information content (AvgIpc) is 2.53. The third-order valence-electron chi connectivity index (χ3n) is 4.30. The molecule has 0 aromatic heterocycles. The zero-order valence-electron chi connectivity index (χ0n) is 13.0. The molecule has 1 aromatic carbocycles. The number of non-ortho nitro benzene ring substituents is 1. The van der Waals surface area contributed by atoms with E-state index in [0.717, 1.165) is 5.56 Å². The van der Waals surface area contributed by atoms with Crippen LogP contribution in [0.5, 0.6) is 0 Å². The maximum absolute atomic E-state index is 12.4. The standard InChI is InChI=1S/C16H20N2O5/c1-11-5-7-13(16(20)21)10-17(11)15(19)8-6-12-3-2-4-14(9-12)18(22)23/h2-4,9,11,13H,5-8,10H2,1H3,(H,20,21). The maximum Gasteiger partial charge on any atom is 0.308 e. The highest BCUT2D eigenvalue weighted by Crippen LogP contribution is 2.23. The van der Waals surface area contributed by atoms with Gasteiger partial charge in [0, 0.05) is 31.1 Å². The van der Waals surface area contributed by atoms with Gasteiger partial charge in [-0.15, -0.1) is 0 Å². The molecule has 23 heavy (non-hydrogen) atoms. The van der Waals surface area contributed by atoms with Gasteiger partial charge >= 0.3 is 5.97 Å². The Labute approximate surface area is 134 Å². The number of carbonyl (C=O) groups excluding carboxylic acids is 1. The number of aryl methyl sites for hydroxylation is 1. The van der Waals surface area contributed by atoms with Gasteiger partial charge in [-0.25, -0.2) is 0 Å². The summed E-state index contributed by atoms with van der Waals surface area (Å²) in [6.07, 6.45) is 1.89. The van der Waals surface area contributed by atoms with E-state index in [-0.39, 0.29) is 30.6 Å². The molecule has 1 fully saturated rings. The van der Waals surface area contributed by atoms with Gasteiger partial charge in [-0.2, -0.15) is 0 Å². The molecule has 1 heterocycles. The van der Waals surface area contributed by atoms with Gasteiger partial charge in [0.1, 0.15) is 0 Å². The number of piperidine rings is 1. The fourth-order valence-electron chi connectivity index (χ4n) is 2.88. The first-order valence-corrected chi connectivity index (χ1v) is 7.64. The predicted molar refractivity (Wildman–Crippen MR) is 83.0 cm³/mol. The summed E-state index contributed by atoms with van der Waals surface area (Å²) in [6.45, 7) is 2.16. The number of rotatable bonds is 5. The summed E-state index contributed by atoms with van der Waals surface area (Å²) in [5.74, 6) is -1.48. The number of amides is 1. The average molecular weight is 320 g/mol. The largest absolute Gasteiger partial charge is 0.481 e. The smallest absolute Gasteiger partial charge is 0.308 e. The Balaban J connectivity index is 1.97. The van der Waals surface area contributed by atoms with Gasteiger partial charge in [-0.05, 0) is 31.7 Å². The van der Waals surface area contributed by atoms with Gasteiger partial charge in [0.05, 0.1) is 10.8 Å². The molecule has 0 saturated carbocycles. The van der Waals surface area contributed by atoms with Gasteiger partial charge < -0.3 is 10.0 Å². The maximum atomic E-state index is 12.4. The number of carboxylic acids is 1. The molecule has 0 aliphatic carbocycles. The number of nitrogens with zero attached hydrogens (tertiary/aromatic N) is 2. The number of carbonyl (C=O) groups is 2. The minimum Gasteiger partial charge on any atom is -0.481 e. The highest BCUT2D eigenvalue weighted by atomic mass is 16.6. The summed E-state index contributed by atoms with van der Waals surface area (Å²) in [5, 5.41) is 19.9. The molecule has 1 aliphatic heterocycles. The van der Waals surface area contributed by atoms with Gasteiger partial charge in [-0.1, -0.05) is 12.1 Å². The van der Waals surface area contributed by atoms with Crippen molar-refractivity contribution in [3.63, 3.8) is 0 Å². The van der Waals surface area contributed by atoms with Gasteiger partial charge in [0.25, 0.3) is 5.69 Å². The number of hydrogen-bond donors (Lipinski definition) is 1. The number of nitro groups is 1. The quantitative estimate of drug-likeness (QED) is 0.662. The van der Waals surface area contributed by atoms with Crippen molar-refractivity contribution in [2.45, 2.75) is 38.6 Å². The van der Waals surface area contributed by atoms with Crippen molar-refractivity contribution in [2.24, 2.45) is 5.92 Å². The highest BCUT2D eigenvalue weighted by molar-refractivity contribution is 5.78. The third-order valence-corrected chi connectivity index (χ3v) is 4.30. The Morgan fingerprint density at radius 1 is 1.39 bits per heavy atom. The van der Waals surface area contributed by atoms with Crippen LogP contribution in [0.2, 0.25) is 0 Å². The lowest BCUT2D eigenvalue weighted by atomic mass is 9.93. The van der Waals surface area contributed by atoms with E-state index < -0.39 is 16.8 Å². The van der Waals surface area contributed by atoms with Crippen LogP contribution in [0.3, 0.4) is 0 Å². The minimum atomic E-state index is -0.867. The van der Waals surface area contributed by atoms with E-state index in [4.69, 9.17) is 5.11 Å². The van der Waals surface area contributed by atoms with Crippen LogP contribution in [0.4, 0.5) is 5.69 Å². The fourth-order valence-corrected chi connectivity index (χ4v) is 2.88. The molecule has 124 valence electrons. The highest BCUT2D eigenvalue weighted by Gasteiger charge is 2.32. The van der Waals surface area contributed by atoms with Crippen molar-refractivity contribution in [3.05, 3.63) is 39.9 Å². The molecule has 7 nitrogen and oxygen atoms in total. The topological polar surface area (TPSA) is 101 Å². The van der Waals surface area contributed by atoms with Crippen molar-refractivity contribution in [1.29, 1.82) is 0 Å². The zero-order chi connectivity index (χ0) is 17.0. The molecule has 0 bridgehead atoms. The van der Waals surface area contributed by atoms with Crippen LogP contribution >= 0.6 is 0 Å². The molecule has 1 N–H and O–H groups in total. The molecule has 2 rings (SSSR count). The fraction of sp³-hybridized carbons (Fsp3) is 0.500. The number of likely N-dealkylation sites (tertiary alicyclic amines) is 1. The molecule has 1 saturated heterocycles. The lowest BCUT2D eigenvalue weighted by Crippen LogP contribution is -2.47. The van der Waals surface area contributed by atoms with Crippen LogP contribution in [-0.4, -0.2) is 39.4 Å². The SMILES string of the molecule is CC1CCC(C(=O)O)CN1C(=O)CCc1cccc([N+](=O)[O-])c1. The summed E-state index contributed by atoms with van der Waals surface area (Å²) < 4.78 is 0. The van der Waals surface area contributed by atoms with Gasteiger partial charge in [0.15, 0.2) is 0 Å². The minimum absolute atomic E-state index is 0.00670. The Morgan fingerprint density at radius 3 is 2.78 bits per heavy atom. The second kappa shape index (κ2) is 7.21. The number of benzene rings is 1. The van der Waals surface area contributed by atoms with Crippen LogP contribution in [-0.2, 0) is 16.0 Å². The monoisotopic (exact) mass is 320 g/mol. The Hall–Kier alpha value is -2.44. The summed E-state index contributed by atoms with van der Waals surface area (Å²) in [4.78, 5) is 35.4. The van der Waals surface area contributed by atoms with Crippen LogP contribution in [0, 0.1) is 16.0 Å². The van der Waals surface area contributed by atoms with Crippen LogP contribution in [0.1, 0.15) is 31.7 Å². The normalized spacial score (nSPS) is 21.0. The molecule has 1 aliphatic rings. The molecule has 2 atom stereocenters. The first-order valence-electron chi connectivity index (χ1n) is 7.64. The van der Waals surface area contributed by atoms with E-state index in [9.17, 15) is 19.7 Å². The third kappa shape index (κ3) is 4.28. The van der Waals surface area contributed by atoms with E-state index in [0.29, 0.717) is 19.3 Å². The Morgan fingerprint density at radius 2 is 2.13 bits per heavy atom. The van der Waals surface area contributed by atoms with Crippen molar-refractivity contribution >= 4 is 17.6 Å². The molecule has 7 heteroatoms. The first kappa shape index (κ1) is 16.9. The Bertz CT molecular complexity index is 616. The predicted octanol–water partition coefficient (Wildman–Crippen LogP) is 2.24. The van der Waals surface area contributed by atoms with Crippen LogP contribution in [0.15, 0.2) is 24.3 Å². The number of hydrogen-bond acceptors (Lipinski definition) is 4. The molecule has 2 unspecified atom stereocenters. The molecular weight excluding hydrogens is 300 g/mol. The van der Waals surface area contributed by atoms with E-state index in [1.807, 2.05) is 6.92 Å². The lowest BCUT2D eigenvalue weighted by Gasteiger charge is -2.36. The van der Waals surface area contributed by atoms with E-state index in [1.54, 1.807) is 17.0 Å².